The van der Waals surface area contributed by atoms with Gasteiger partial charge >= 0.3 is 0 Å². The van der Waals surface area contributed by atoms with Crippen LogP contribution in [0.4, 0.5) is 0 Å². The van der Waals surface area contributed by atoms with E-state index < -0.39 is 0 Å². The Hall–Kier alpha value is -5.18. The fourth-order valence-electron chi connectivity index (χ4n) is 6.32. The van der Waals surface area contributed by atoms with E-state index in [1.807, 2.05) is 0 Å². The maximum Gasteiger partial charge on any atom is 0.0541 e. The number of nitrogens with zero attached hydrogens (tertiary/aromatic N) is 1. The van der Waals surface area contributed by atoms with Crippen molar-refractivity contribution in [3.05, 3.63) is 174 Å². The molecule has 0 aliphatic carbocycles. The first-order valence-electron chi connectivity index (χ1n) is 14.9. The molecule has 0 fully saturated rings. The topological polar surface area (TPSA) is 4.93 Å². The first-order valence-corrected chi connectivity index (χ1v) is 15.7. The minimum Gasteiger partial charge on any atom is -0.309 e. The van der Waals surface area contributed by atoms with Crippen LogP contribution in [-0.4, -0.2) is 4.57 Å². The van der Waals surface area contributed by atoms with E-state index in [4.69, 9.17) is 0 Å². The van der Waals surface area contributed by atoms with E-state index >= 15 is 0 Å². The molecule has 8 rings (SSSR count). The monoisotopic (exact) mass is 625 g/mol. The van der Waals surface area contributed by atoms with Crippen LogP contribution in [0, 0.1) is 0 Å². The molecule has 0 amide bonds. The minimum absolute atomic E-state index is 1.09. The Labute approximate surface area is 265 Å². The van der Waals surface area contributed by atoms with Gasteiger partial charge in [-0.25, -0.2) is 0 Å². The molecule has 0 radical (unpaired) electrons. The lowest BCUT2D eigenvalue weighted by Crippen LogP contribution is -1.98. The maximum absolute atomic E-state index is 3.56. The fourth-order valence-corrected chi connectivity index (χ4v) is 6.59. The zero-order valence-electron chi connectivity index (χ0n) is 24.0. The second kappa shape index (κ2) is 11.1. The average Bonchev–Trinajstić information content (AvgIpc) is 3.43. The summed E-state index contributed by atoms with van der Waals surface area (Å²) in [7, 11) is 0. The summed E-state index contributed by atoms with van der Waals surface area (Å²) >= 11 is 3.56. The van der Waals surface area contributed by atoms with Crippen LogP contribution < -0.4 is 0 Å². The van der Waals surface area contributed by atoms with Crippen LogP contribution in [0.5, 0.6) is 0 Å². The Morgan fingerprint density at radius 3 is 1.64 bits per heavy atom. The van der Waals surface area contributed by atoms with Gasteiger partial charge in [0.05, 0.1) is 16.7 Å². The molecule has 0 unspecified atom stereocenters. The first-order chi connectivity index (χ1) is 21.7. The summed E-state index contributed by atoms with van der Waals surface area (Å²) in [5, 5.41) is 2.50. The third kappa shape index (κ3) is 4.74. The Balaban J connectivity index is 1.32. The van der Waals surface area contributed by atoms with Gasteiger partial charge in [0, 0.05) is 20.8 Å². The van der Waals surface area contributed by atoms with Crippen LogP contribution in [0.25, 0.3) is 72.0 Å². The number of para-hydroxylation sites is 1. The van der Waals surface area contributed by atoms with Gasteiger partial charge in [-0.3, -0.25) is 0 Å². The van der Waals surface area contributed by atoms with E-state index in [0.29, 0.717) is 0 Å². The second-order valence-electron chi connectivity index (χ2n) is 11.1. The highest BCUT2D eigenvalue weighted by Crippen LogP contribution is 2.39. The van der Waals surface area contributed by atoms with Crippen LogP contribution in [0.3, 0.4) is 0 Å². The Bertz CT molecular complexity index is 2260. The Kier molecular flexibility index (Phi) is 6.70. The molecule has 1 nitrogen and oxygen atoms in total. The van der Waals surface area contributed by atoms with Gasteiger partial charge in [-0.05, 0) is 87.5 Å². The van der Waals surface area contributed by atoms with Gasteiger partial charge in [-0.2, -0.15) is 0 Å². The van der Waals surface area contributed by atoms with Crippen molar-refractivity contribution in [1.82, 2.24) is 4.57 Å². The van der Waals surface area contributed by atoms with Crippen molar-refractivity contribution < 1.29 is 0 Å². The highest BCUT2D eigenvalue weighted by atomic mass is 79.9. The lowest BCUT2D eigenvalue weighted by atomic mass is 9.97. The Morgan fingerprint density at radius 2 is 0.864 bits per heavy atom. The van der Waals surface area contributed by atoms with Crippen LogP contribution in [0.1, 0.15) is 0 Å². The molecular weight excluding hydrogens is 598 g/mol. The number of hydrogen-bond donors (Lipinski definition) is 0. The second-order valence-corrected chi connectivity index (χ2v) is 12.1. The summed E-state index contributed by atoms with van der Waals surface area (Å²) in [5.74, 6) is 0. The minimum atomic E-state index is 1.09. The van der Waals surface area contributed by atoms with Crippen LogP contribution in [-0.2, 0) is 0 Å². The molecule has 0 bridgehead atoms. The van der Waals surface area contributed by atoms with E-state index in [1.165, 1.54) is 72.0 Å². The summed E-state index contributed by atoms with van der Waals surface area (Å²) in [5.41, 5.74) is 13.2. The molecule has 2 heteroatoms. The third-order valence-electron chi connectivity index (χ3n) is 8.48. The zero-order valence-corrected chi connectivity index (χ0v) is 25.6. The van der Waals surface area contributed by atoms with Crippen molar-refractivity contribution in [2.24, 2.45) is 0 Å². The van der Waals surface area contributed by atoms with E-state index in [2.05, 4.69) is 190 Å². The van der Waals surface area contributed by atoms with E-state index in [0.717, 1.165) is 4.47 Å². The molecular formula is C42H28BrN. The quantitative estimate of drug-likeness (QED) is 0.179. The normalized spacial score (nSPS) is 11.3. The molecule has 0 saturated heterocycles. The predicted octanol–water partition coefficient (Wildman–Crippen LogP) is 12.2. The molecule has 44 heavy (non-hydrogen) atoms. The molecule has 0 aliphatic rings. The van der Waals surface area contributed by atoms with Crippen molar-refractivity contribution >= 4 is 37.7 Å². The molecule has 7 aromatic carbocycles. The number of halogens is 1. The van der Waals surface area contributed by atoms with Gasteiger partial charge in [-0.15, -0.1) is 0 Å². The van der Waals surface area contributed by atoms with Crippen molar-refractivity contribution in [2.75, 3.05) is 0 Å². The van der Waals surface area contributed by atoms with Crippen molar-refractivity contribution in [1.29, 1.82) is 0 Å². The number of benzene rings is 7. The molecule has 8 aromatic rings. The highest BCUT2D eigenvalue weighted by molar-refractivity contribution is 9.10. The van der Waals surface area contributed by atoms with Crippen molar-refractivity contribution in [2.45, 2.75) is 0 Å². The lowest BCUT2D eigenvalue weighted by Gasteiger charge is -2.16. The molecule has 1 heterocycles. The number of aromatic nitrogens is 1. The van der Waals surface area contributed by atoms with Gasteiger partial charge in [0.1, 0.15) is 0 Å². The lowest BCUT2D eigenvalue weighted by molar-refractivity contribution is 1.18. The van der Waals surface area contributed by atoms with Crippen LogP contribution in [0.2, 0.25) is 0 Å². The number of fused-ring (bicyclic) bond motifs is 3. The van der Waals surface area contributed by atoms with Gasteiger partial charge < -0.3 is 4.57 Å². The average molecular weight is 627 g/mol. The maximum atomic E-state index is 3.56. The summed E-state index contributed by atoms with van der Waals surface area (Å²) in [6.07, 6.45) is 0. The van der Waals surface area contributed by atoms with Crippen molar-refractivity contribution in [3.8, 4) is 50.2 Å². The molecule has 1 aromatic heterocycles. The predicted molar refractivity (Wildman–Crippen MR) is 190 cm³/mol. The van der Waals surface area contributed by atoms with Gasteiger partial charge in [-0.1, -0.05) is 137 Å². The standard InChI is InChI=1S/C42H28BrN/c43-36-22-18-30(19-23-36)32-14-9-15-33(26-32)35-21-25-42-39(28-35)37-16-7-8-17-40(37)44(42)41-24-20-34(29-10-3-1-4-11-29)27-38(41)31-12-5-2-6-13-31/h1-28H. The fraction of sp³-hybridized carbons (Fsp3) is 0. The largest absolute Gasteiger partial charge is 0.309 e. The molecule has 0 aliphatic heterocycles. The summed E-state index contributed by atoms with van der Waals surface area (Å²) < 4.78 is 3.52. The van der Waals surface area contributed by atoms with Gasteiger partial charge in [0.15, 0.2) is 0 Å². The first kappa shape index (κ1) is 26.4. The van der Waals surface area contributed by atoms with Gasteiger partial charge in [0.25, 0.3) is 0 Å². The van der Waals surface area contributed by atoms with Crippen molar-refractivity contribution in [3.63, 3.8) is 0 Å². The summed E-state index contributed by atoms with van der Waals surface area (Å²) in [6, 6.07) is 61.3. The van der Waals surface area contributed by atoms with Gasteiger partial charge in [0.2, 0.25) is 0 Å². The SMILES string of the molecule is Brc1ccc(-c2cccc(-c3ccc4c(c3)c3ccccc3n4-c3ccc(-c4ccccc4)cc3-c3ccccc3)c2)cc1. The zero-order chi connectivity index (χ0) is 29.5. The number of rotatable bonds is 5. The van der Waals surface area contributed by atoms with Crippen LogP contribution >= 0.6 is 15.9 Å². The molecule has 0 N–H and O–H groups in total. The Morgan fingerprint density at radius 1 is 0.341 bits per heavy atom. The van der Waals surface area contributed by atoms with E-state index in [1.54, 1.807) is 0 Å². The molecule has 0 spiro atoms. The molecule has 0 saturated carbocycles. The highest BCUT2D eigenvalue weighted by Gasteiger charge is 2.17. The third-order valence-corrected chi connectivity index (χ3v) is 9.00. The molecule has 0 atom stereocenters. The van der Waals surface area contributed by atoms with E-state index in [-0.39, 0.29) is 0 Å². The summed E-state index contributed by atoms with van der Waals surface area (Å²) in [4.78, 5) is 0. The smallest absolute Gasteiger partial charge is 0.0541 e. The molecule has 208 valence electrons. The van der Waals surface area contributed by atoms with Crippen LogP contribution in [0.15, 0.2) is 174 Å². The van der Waals surface area contributed by atoms with E-state index in [9.17, 15) is 0 Å². The number of hydrogen-bond acceptors (Lipinski definition) is 0. The summed E-state index contributed by atoms with van der Waals surface area (Å²) in [6.45, 7) is 0.